The number of rotatable bonds is 1. The van der Waals surface area contributed by atoms with E-state index >= 15 is 0 Å². The summed E-state index contributed by atoms with van der Waals surface area (Å²) in [6.45, 7) is 0. The highest BCUT2D eigenvalue weighted by Gasteiger charge is 2.08. The van der Waals surface area contributed by atoms with Gasteiger partial charge in [-0.15, -0.1) is 0 Å². The summed E-state index contributed by atoms with van der Waals surface area (Å²) in [5.41, 5.74) is 0. The lowest BCUT2D eigenvalue weighted by molar-refractivity contribution is 0.457. The van der Waals surface area contributed by atoms with Crippen LogP contribution in [0, 0.1) is 0 Å². The quantitative estimate of drug-likeness (QED) is 0.395. The van der Waals surface area contributed by atoms with E-state index in [0.29, 0.717) is 0 Å². The molecule has 1 atom stereocenters. The van der Waals surface area contributed by atoms with Crippen molar-refractivity contribution in [2.45, 2.75) is 0 Å². The molecule has 0 spiro atoms. The monoisotopic (exact) mass is 164 g/mol. The van der Waals surface area contributed by atoms with Gasteiger partial charge in [-0.05, 0) is 0 Å². The Hall–Kier alpha value is 1.13. The van der Waals surface area contributed by atoms with Crippen LogP contribution in [0.4, 0.5) is 0 Å². The van der Waals surface area contributed by atoms with E-state index < -0.39 is 16.1 Å². The maximum atomic E-state index is 7.78. The predicted octanol–water partition coefficient (Wildman–Crippen LogP) is -0.448. The highest BCUT2D eigenvalue weighted by atomic mass is 32.1. The van der Waals surface area contributed by atoms with Crippen molar-refractivity contribution in [3.8, 4) is 0 Å². The van der Waals surface area contributed by atoms with E-state index in [-0.39, 0.29) is 9.90 Å². The zero-order valence-electron chi connectivity index (χ0n) is 3.39. The van der Waals surface area contributed by atoms with E-state index in [4.69, 9.17) is 19.6 Å². The van der Waals surface area contributed by atoms with Gasteiger partial charge in [0.2, 0.25) is 0 Å². The zero-order chi connectivity index (χ0) is 5.15. The summed E-state index contributed by atoms with van der Waals surface area (Å²) in [6.07, 6.45) is 0. The maximum Gasteiger partial charge on any atom is 0.250 e. The van der Waals surface area contributed by atoms with Gasteiger partial charge in [0.25, 0.3) is 16.1 Å². The van der Waals surface area contributed by atoms with Crippen molar-refractivity contribution in [3.63, 3.8) is 0 Å². The fourth-order valence-corrected chi connectivity index (χ4v) is 0. The van der Waals surface area contributed by atoms with Gasteiger partial charge in [0.05, 0.1) is 0 Å². The summed E-state index contributed by atoms with van der Waals surface area (Å²) in [4.78, 5) is 31.1. The molecule has 46 valence electrons. The Morgan fingerprint density at radius 3 is 0.857 bits per heavy atom. The Morgan fingerprint density at radius 2 is 0.857 bits per heavy atom. The molecule has 0 heterocycles. The van der Waals surface area contributed by atoms with Crippen LogP contribution in [0.15, 0.2) is 0 Å². The molecule has 0 saturated heterocycles. The van der Waals surface area contributed by atoms with Crippen LogP contribution in [-0.2, 0) is 0 Å². The molecule has 0 bridgehead atoms. The average molecular weight is 164 g/mol. The van der Waals surface area contributed by atoms with Gasteiger partial charge >= 0.3 is 0 Å². The normalized spacial score (nSPS) is 9.43. The fourth-order valence-electron chi connectivity index (χ4n) is 0. The van der Waals surface area contributed by atoms with Crippen LogP contribution in [0.1, 0.15) is 0 Å². The van der Waals surface area contributed by atoms with E-state index in [1.807, 2.05) is 0 Å². The largest absolute Gasteiger partial charge is 0.344 e. The van der Waals surface area contributed by atoms with E-state index in [9.17, 15) is 0 Å². The van der Waals surface area contributed by atoms with Gasteiger partial charge in [0, 0.05) is 0 Å². The zero-order valence-corrected chi connectivity index (χ0v) is 6.59. The van der Waals surface area contributed by atoms with Crippen LogP contribution in [0.3, 0.4) is 0 Å². The number of hydrogen-bond donors (Lipinski definition) is 4. The van der Waals surface area contributed by atoms with Crippen molar-refractivity contribution in [1.29, 1.82) is 0 Å². The highest BCUT2D eigenvalue weighted by molar-refractivity contribution is 8.19. The van der Waals surface area contributed by atoms with Gasteiger partial charge in [-0.25, -0.2) is 0 Å². The maximum absolute atomic E-state index is 7.78. The summed E-state index contributed by atoms with van der Waals surface area (Å²) in [5.74, 6) is 0. The fraction of sp³-hybridized carbons (Fsp3) is 0. The molecule has 4 N–H and O–H groups in total. The molecule has 0 rings (SSSR count). The Kier molecular flexibility index (Phi) is 8.28. The summed E-state index contributed by atoms with van der Waals surface area (Å²) in [5, 5.41) is 0. The smallest absolute Gasteiger partial charge is 0.250 e. The molecule has 0 aromatic heterocycles. The van der Waals surface area contributed by atoms with Crippen molar-refractivity contribution in [1.82, 2.24) is 0 Å². The van der Waals surface area contributed by atoms with Gasteiger partial charge in [-0.3, -0.25) is 0 Å². The first-order valence-electron chi connectivity index (χ1n) is 1.000. The second-order valence-electron chi connectivity index (χ2n) is 0.537. The molecule has 1 unspecified atom stereocenters. The van der Waals surface area contributed by atoms with Gasteiger partial charge in [0.15, 0.2) is 0 Å². The van der Waals surface area contributed by atoms with Crippen LogP contribution in [-0.4, -0.2) is 19.6 Å². The lowest BCUT2D eigenvalue weighted by Crippen LogP contribution is -1.63. The Bertz CT molecular complexity index is 27.9. The van der Waals surface area contributed by atoms with E-state index in [2.05, 4.69) is 0 Å². The second-order valence-corrected chi connectivity index (χ2v) is 3.76. The second kappa shape index (κ2) is 5.27. The highest BCUT2D eigenvalue weighted by Crippen LogP contribution is 2.56. The van der Waals surface area contributed by atoms with Crippen LogP contribution >= 0.6 is 26.0 Å². The molecule has 0 amide bonds. The molecule has 7 heavy (non-hydrogen) atoms. The van der Waals surface area contributed by atoms with Gasteiger partial charge in [-0.1, -0.05) is 0 Å². The molecule has 0 aromatic carbocycles. The first kappa shape index (κ1) is 11.0. The summed E-state index contributed by atoms with van der Waals surface area (Å²) >= 11 is 0. The Balaban J connectivity index is 0. The molecule has 7 heteroatoms. The first-order chi connectivity index (χ1) is 2.64. The topological polar surface area (TPSA) is 80.9 Å². The molecule has 0 aliphatic heterocycles. The van der Waals surface area contributed by atoms with Gasteiger partial charge in [0.1, 0.15) is 0 Å². The van der Waals surface area contributed by atoms with E-state index in [0.717, 1.165) is 0 Å². The lowest BCUT2D eigenvalue weighted by Gasteiger charge is -1.97. The van der Waals surface area contributed by atoms with E-state index in [1.165, 1.54) is 0 Å². The molecular weight excluding hydrogens is 157 g/mol. The van der Waals surface area contributed by atoms with Gasteiger partial charge < -0.3 is 19.6 Å². The standard InChI is InChI=1S/H4O4P2.H3P/c1-5(2)6(3)4;/h1-4H;1H3. The van der Waals surface area contributed by atoms with Crippen LogP contribution in [0.2, 0.25) is 0 Å². The van der Waals surface area contributed by atoms with Crippen molar-refractivity contribution in [3.05, 3.63) is 0 Å². The van der Waals surface area contributed by atoms with Gasteiger partial charge in [-0.2, -0.15) is 9.90 Å². The summed E-state index contributed by atoms with van der Waals surface area (Å²) < 4.78 is 0. The van der Waals surface area contributed by atoms with Crippen LogP contribution in [0.5, 0.6) is 0 Å². The molecule has 0 fully saturated rings. The molecule has 0 aliphatic carbocycles. The predicted molar refractivity (Wildman–Crippen MR) is 33.8 cm³/mol. The van der Waals surface area contributed by atoms with Crippen molar-refractivity contribution < 1.29 is 19.6 Å². The minimum absolute atomic E-state index is 0. The molecular formula is H7O4P3. The third kappa shape index (κ3) is 7.13. The molecule has 0 radical (unpaired) electrons. The van der Waals surface area contributed by atoms with Crippen molar-refractivity contribution >= 4 is 26.0 Å². The molecule has 0 aliphatic rings. The third-order valence-corrected chi connectivity index (χ3v) is 1.44. The van der Waals surface area contributed by atoms with E-state index in [1.54, 1.807) is 0 Å². The average Bonchev–Trinajstić information content (AvgIpc) is 1.36. The van der Waals surface area contributed by atoms with Crippen LogP contribution in [0.25, 0.3) is 0 Å². The van der Waals surface area contributed by atoms with Crippen molar-refractivity contribution in [2.24, 2.45) is 0 Å². The molecule has 0 saturated carbocycles. The number of hydrogen-bond acceptors (Lipinski definition) is 4. The Morgan fingerprint density at radius 1 is 0.714 bits per heavy atom. The summed E-state index contributed by atoms with van der Waals surface area (Å²) in [7, 11) is -4.97. The third-order valence-electron chi connectivity index (χ3n) is 0.160. The van der Waals surface area contributed by atoms with Crippen molar-refractivity contribution in [2.75, 3.05) is 0 Å². The lowest BCUT2D eigenvalue weighted by atomic mass is 15.9. The molecule has 0 aromatic rings. The minimum Gasteiger partial charge on any atom is -0.344 e. The minimum atomic E-state index is -2.48. The summed E-state index contributed by atoms with van der Waals surface area (Å²) in [6, 6.07) is 0. The molecule has 4 nitrogen and oxygen atoms in total. The SMILES string of the molecule is OP(O)P(O)O.P. The Labute approximate surface area is 46.5 Å². The van der Waals surface area contributed by atoms with Crippen LogP contribution < -0.4 is 0 Å². The first-order valence-corrected chi connectivity index (χ1v) is 4.20.